The molecule has 0 saturated heterocycles. The highest BCUT2D eigenvalue weighted by molar-refractivity contribution is 9.10. The van der Waals surface area contributed by atoms with Crippen molar-refractivity contribution in [1.29, 1.82) is 0 Å². The summed E-state index contributed by atoms with van der Waals surface area (Å²) in [5.74, 6) is -1.51. The number of amides is 1. The van der Waals surface area contributed by atoms with Crippen LogP contribution in [0.25, 0.3) is 0 Å². The zero-order valence-electron chi connectivity index (χ0n) is 13.5. The molecule has 1 amide bonds. The van der Waals surface area contributed by atoms with E-state index in [0.717, 1.165) is 16.1 Å². The van der Waals surface area contributed by atoms with Gasteiger partial charge in [-0.1, -0.05) is 34.1 Å². The van der Waals surface area contributed by atoms with E-state index in [1.165, 1.54) is 12.1 Å². The first-order valence-electron chi connectivity index (χ1n) is 7.52. The Morgan fingerprint density at radius 1 is 1.21 bits per heavy atom. The molecule has 0 unspecified atom stereocenters. The first-order chi connectivity index (χ1) is 11.3. The van der Waals surface area contributed by atoms with Crippen molar-refractivity contribution in [1.82, 2.24) is 10.2 Å². The maximum absolute atomic E-state index is 13.7. The summed E-state index contributed by atoms with van der Waals surface area (Å²) in [5, 5.41) is 2.73. The third-order valence-corrected chi connectivity index (χ3v) is 4.11. The van der Waals surface area contributed by atoms with Crippen LogP contribution in [0.2, 0.25) is 0 Å². The molecule has 3 nitrogen and oxygen atoms in total. The van der Waals surface area contributed by atoms with E-state index in [9.17, 15) is 13.6 Å². The summed E-state index contributed by atoms with van der Waals surface area (Å²) in [7, 11) is 1.84. The Morgan fingerprint density at radius 2 is 1.88 bits per heavy atom. The zero-order valence-corrected chi connectivity index (χ0v) is 15.1. The van der Waals surface area contributed by atoms with Crippen molar-refractivity contribution in [2.45, 2.75) is 19.5 Å². The normalized spacial score (nSPS) is 12.2. The van der Waals surface area contributed by atoms with Gasteiger partial charge < -0.3 is 5.32 Å². The molecule has 0 bridgehead atoms. The van der Waals surface area contributed by atoms with Gasteiger partial charge in [0.05, 0.1) is 12.6 Å². The van der Waals surface area contributed by atoms with E-state index in [1.807, 2.05) is 36.2 Å². The first kappa shape index (κ1) is 18.5. The summed E-state index contributed by atoms with van der Waals surface area (Å²) in [4.78, 5) is 14.0. The van der Waals surface area contributed by atoms with Gasteiger partial charge in [0.25, 0.3) is 0 Å². The van der Waals surface area contributed by atoms with Gasteiger partial charge in [-0.05, 0) is 37.7 Å². The monoisotopic (exact) mass is 396 g/mol. The molecule has 0 aliphatic carbocycles. The van der Waals surface area contributed by atoms with Gasteiger partial charge in [0.1, 0.15) is 11.6 Å². The predicted molar refractivity (Wildman–Crippen MR) is 93.4 cm³/mol. The van der Waals surface area contributed by atoms with E-state index in [4.69, 9.17) is 0 Å². The van der Waals surface area contributed by atoms with Crippen molar-refractivity contribution in [3.8, 4) is 0 Å². The Balaban J connectivity index is 1.88. The lowest BCUT2D eigenvalue weighted by Crippen LogP contribution is -2.36. The van der Waals surface area contributed by atoms with Crippen molar-refractivity contribution >= 4 is 21.8 Å². The maximum atomic E-state index is 13.7. The Kier molecular flexibility index (Phi) is 6.45. The third-order valence-electron chi connectivity index (χ3n) is 3.59. The van der Waals surface area contributed by atoms with Crippen LogP contribution in [-0.2, 0) is 11.3 Å². The number of nitrogens with one attached hydrogen (secondary N) is 1. The smallest absolute Gasteiger partial charge is 0.234 e. The number of rotatable bonds is 6. The van der Waals surface area contributed by atoms with Gasteiger partial charge in [-0.15, -0.1) is 0 Å². The molecule has 6 heteroatoms. The molecule has 128 valence electrons. The second-order valence-corrected chi connectivity index (χ2v) is 6.67. The van der Waals surface area contributed by atoms with Crippen LogP contribution in [0.1, 0.15) is 24.1 Å². The van der Waals surface area contributed by atoms with Crippen LogP contribution in [-0.4, -0.2) is 24.4 Å². The quantitative estimate of drug-likeness (QED) is 0.798. The van der Waals surface area contributed by atoms with Crippen molar-refractivity contribution in [3.63, 3.8) is 0 Å². The SMILES string of the molecule is C[C@@H](NC(=O)CN(C)Cc1ccc(Br)cc1)c1ccc(F)cc1F. The van der Waals surface area contributed by atoms with E-state index in [1.54, 1.807) is 6.92 Å². The van der Waals surface area contributed by atoms with E-state index >= 15 is 0 Å². The van der Waals surface area contributed by atoms with Gasteiger partial charge in [0.2, 0.25) is 5.91 Å². The van der Waals surface area contributed by atoms with Crippen molar-refractivity contribution in [2.75, 3.05) is 13.6 Å². The molecule has 1 N–H and O–H groups in total. The van der Waals surface area contributed by atoms with E-state index < -0.39 is 17.7 Å². The van der Waals surface area contributed by atoms with Crippen LogP contribution in [0.15, 0.2) is 46.9 Å². The largest absolute Gasteiger partial charge is 0.348 e. The lowest BCUT2D eigenvalue weighted by Gasteiger charge is -2.19. The van der Waals surface area contributed by atoms with Crippen molar-refractivity contribution in [3.05, 3.63) is 69.7 Å². The average Bonchev–Trinajstić information content (AvgIpc) is 2.49. The van der Waals surface area contributed by atoms with E-state index in [0.29, 0.717) is 6.54 Å². The minimum Gasteiger partial charge on any atom is -0.348 e. The van der Waals surface area contributed by atoms with Crippen LogP contribution in [0.5, 0.6) is 0 Å². The molecular formula is C18H19BrF2N2O. The van der Waals surface area contributed by atoms with Crippen LogP contribution in [0, 0.1) is 11.6 Å². The van der Waals surface area contributed by atoms with Gasteiger partial charge in [-0.3, -0.25) is 9.69 Å². The fourth-order valence-electron chi connectivity index (χ4n) is 2.42. The zero-order chi connectivity index (χ0) is 17.7. The van der Waals surface area contributed by atoms with E-state index in [2.05, 4.69) is 21.2 Å². The standard InChI is InChI=1S/C18H19BrF2N2O/c1-12(16-8-7-15(20)9-17(16)21)22-18(24)11-23(2)10-13-3-5-14(19)6-4-13/h3-9,12H,10-11H2,1-2H3,(H,22,24)/t12-/m1/s1. The Labute approximate surface area is 148 Å². The molecule has 0 aliphatic heterocycles. The maximum Gasteiger partial charge on any atom is 0.234 e. The molecule has 0 radical (unpaired) electrons. The fourth-order valence-corrected chi connectivity index (χ4v) is 2.68. The molecule has 0 aliphatic rings. The molecule has 2 aromatic rings. The molecule has 24 heavy (non-hydrogen) atoms. The number of likely N-dealkylation sites (N-methyl/N-ethyl adjacent to an activating group) is 1. The van der Waals surface area contributed by atoms with Gasteiger partial charge in [0.15, 0.2) is 0 Å². The van der Waals surface area contributed by atoms with Gasteiger partial charge in [-0.25, -0.2) is 8.78 Å². The molecule has 1 atom stereocenters. The van der Waals surface area contributed by atoms with Gasteiger partial charge in [-0.2, -0.15) is 0 Å². The summed E-state index contributed by atoms with van der Waals surface area (Å²) in [6.45, 7) is 2.48. The Morgan fingerprint density at radius 3 is 2.50 bits per heavy atom. The Bertz CT molecular complexity index is 707. The second kappa shape index (κ2) is 8.35. The summed E-state index contributed by atoms with van der Waals surface area (Å²) >= 11 is 3.38. The van der Waals surface area contributed by atoms with Crippen LogP contribution in [0.3, 0.4) is 0 Å². The molecule has 0 heterocycles. The summed E-state index contributed by atoms with van der Waals surface area (Å²) in [6.07, 6.45) is 0. The minimum atomic E-state index is -0.661. The predicted octanol–water partition coefficient (Wildman–Crippen LogP) is 4.04. The Hall–Kier alpha value is -1.79. The molecule has 2 rings (SSSR count). The first-order valence-corrected chi connectivity index (χ1v) is 8.31. The molecular weight excluding hydrogens is 378 g/mol. The summed E-state index contributed by atoms with van der Waals surface area (Å²) in [5.41, 5.74) is 1.35. The second-order valence-electron chi connectivity index (χ2n) is 5.75. The van der Waals surface area contributed by atoms with Crippen LogP contribution < -0.4 is 5.32 Å². The van der Waals surface area contributed by atoms with E-state index in [-0.39, 0.29) is 18.0 Å². The van der Waals surface area contributed by atoms with Crippen LogP contribution >= 0.6 is 15.9 Å². The molecule has 2 aromatic carbocycles. The van der Waals surface area contributed by atoms with Crippen LogP contribution in [0.4, 0.5) is 8.78 Å². The van der Waals surface area contributed by atoms with Crippen molar-refractivity contribution in [2.24, 2.45) is 0 Å². The lowest BCUT2D eigenvalue weighted by molar-refractivity contribution is -0.122. The number of nitrogens with zero attached hydrogens (tertiary/aromatic N) is 1. The number of halogens is 3. The molecule has 0 fully saturated rings. The number of hydrogen-bond donors (Lipinski definition) is 1. The summed E-state index contributed by atoms with van der Waals surface area (Å²) < 4.78 is 27.7. The number of hydrogen-bond acceptors (Lipinski definition) is 2. The molecule has 0 aromatic heterocycles. The highest BCUT2D eigenvalue weighted by Crippen LogP contribution is 2.17. The summed E-state index contributed by atoms with van der Waals surface area (Å²) in [6, 6.07) is 10.7. The highest BCUT2D eigenvalue weighted by Gasteiger charge is 2.15. The molecule has 0 spiro atoms. The number of carbonyl (C=O) groups is 1. The average molecular weight is 397 g/mol. The number of carbonyl (C=O) groups excluding carboxylic acids is 1. The fraction of sp³-hybridized carbons (Fsp3) is 0.278. The highest BCUT2D eigenvalue weighted by atomic mass is 79.9. The van der Waals surface area contributed by atoms with Crippen molar-refractivity contribution < 1.29 is 13.6 Å². The third kappa shape index (κ3) is 5.39. The molecule has 0 saturated carbocycles. The minimum absolute atomic E-state index is 0.184. The topological polar surface area (TPSA) is 32.3 Å². The lowest BCUT2D eigenvalue weighted by atomic mass is 10.1. The van der Waals surface area contributed by atoms with Gasteiger partial charge in [0, 0.05) is 22.6 Å². The number of benzene rings is 2. The van der Waals surface area contributed by atoms with Gasteiger partial charge >= 0.3 is 0 Å².